The first kappa shape index (κ1) is 14.6. The van der Waals surface area contributed by atoms with E-state index >= 15 is 0 Å². The second-order valence-corrected chi connectivity index (χ2v) is 5.37. The fourth-order valence-corrected chi connectivity index (χ4v) is 2.59. The van der Waals surface area contributed by atoms with Gasteiger partial charge in [0.1, 0.15) is 0 Å². The highest BCUT2D eigenvalue weighted by atomic mass is 32.2. The summed E-state index contributed by atoms with van der Waals surface area (Å²) in [5.41, 5.74) is -0.178. The topological polar surface area (TPSA) is 110 Å². The number of aliphatic hydroxyl groups is 1. The van der Waals surface area contributed by atoms with Crippen LogP contribution in [0.4, 0.5) is 5.69 Å². The Morgan fingerprint density at radius 2 is 1.94 bits per heavy atom. The zero-order valence-electron chi connectivity index (χ0n) is 9.74. The molecular formula is C10H14N2O5S. The van der Waals surface area contributed by atoms with Gasteiger partial charge in [0.2, 0.25) is 10.0 Å². The molecule has 1 aromatic rings. The van der Waals surface area contributed by atoms with Crippen molar-refractivity contribution in [2.24, 2.45) is 0 Å². The van der Waals surface area contributed by atoms with Gasteiger partial charge in [-0.3, -0.25) is 10.1 Å². The molecule has 1 atom stereocenters. The van der Waals surface area contributed by atoms with Crippen molar-refractivity contribution in [3.05, 3.63) is 34.4 Å². The van der Waals surface area contributed by atoms with E-state index in [1.165, 1.54) is 0 Å². The molecular weight excluding hydrogens is 260 g/mol. The van der Waals surface area contributed by atoms with Gasteiger partial charge in [-0.25, -0.2) is 13.1 Å². The molecule has 0 aliphatic carbocycles. The van der Waals surface area contributed by atoms with Gasteiger partial charge in [-0.1, -0.05) is 6.92 Å². The zero-order chi connectivity index (χ0) is 13.8. The third-order valence-electron chi connectivity index (χ3n) is 2.39. The Morgan fingerprint density at radius 3 is 2.33 bits per heavy atom. The average molecular weight is 274 g/mol. The number of rotatable bonds is 6. The first-order valence-corrected chi connectivity index (χ1v) is 6.76. The van der Waals surface area contributed by atoms with Crippen LogP contribution in [0.5, 0.6) is 0 Å². The van der Waals surface area contributed by atoms with Gasteiger partial charge < -0.3 is 5.11 Å². The Balaban J connectivity index is 2.95. The Kier molecular flexibility index (Phi) is 4.76. The van der Waals surface area contributed by atoms with Crippen LogP contribution in [0.3, 0.4) is 0 Å². The molecule has 0 spiro atoms. The van der Waals surface area contributed by atoms with Gasteiger partial charge in [0.05, 0.1) is 16.4 Å². The van der Waals surface area contributed by atoms with Crippen molar-refractivity contribution in [1.29, 1.82) is 0 Å². The van der Waals surface area contributed by atoms with E-state index in [1.54, 1.807) is 6.92 Å². The lowest BCUT2D eigenvalue weighted by atomic mass is 10.3. The first-order valence-electron chi connectivity index (χ1n) is 5.28. The average Bonchev–Trinajstić information content (AvgIpc) is 2.36. The molecule has 1 aromatic carbocycles. The van der Waals surface area contributed by atoms with Crippen LogP contribution in [0.15, 0.2) is 29.2 Å². The molecule has 18 heavy (non-hydrogen) atoms. The molecule has 0 fully saturated rings. The molecule has 0 aliphatic rings. The molecule has 2 N–H and O–H groups in total. The van der Waals surface area contributed by atoms with Crippen molar-refractivity contribution < 1.29 is 18.4 Å². The minimum Gasteiger partial charge on any atom is -0.395 e. The third kappa shape index (κ3) is 3.49. The normalized spacial score (nSPS) is 13.2. The lowest BCUT2D eigenvalue weighted by molar-refractivity contribution is -0.384. The number of non-ortho nitro benzene ring substituents is 1. The van der Waals surface area contributed by atoms with Crippen LogP contribution in [0.25, 0.3) is 0 Å². The number of sulfonamides is 1. The number of nitrogens with zero attached hydrogens (tertiary/aromatic N) is 1. The van der Waals surface area contributed by atoms with E-state index in [2.05, 4.69) is 4.72 Å². The summed E-state index contributed by atoms with van der Waals surface area (Å²) < 4.78 is 26.0. The number of hydrogen-bond donors (Lipinski definition) is 2. The fourth-order valence-electron chi connectivity index (χ4n) is 1.28. The Bertz CT molecular complexity index is 508. The Hall–Kier alpha value is -1.51. The predicted octanol–water partition coefficient (Wildman–Crippen LogP) is 0.644. The van der Waals surface area contributed by atoms with E-state index in [0.717, 1.165) is 24.3 Å². The lowest BCUT2D eigenvalue weighted by Crippen LogP contribution is -2.36. The van der Waals surface area contributed by atoms with Crippen LogP contribution in [0.1, 0.15) is 13.3 Å². The maximum Gasteiger partial charge on any atom is 0.269 e. The minimum absolute atomic E-state index is 0.0694. The predicted molar refractivity (Wildman–Crippen MR) is 64.6 cm³/mol. The van der Waals surface area contributed by atoms with Crippen LogP contribution < -0.4 is 4.72 Å². The van der Waals surface area contributed by atoms with Crippen LogP contribution in [0.2, 0.25) is 0 Å². The molecule has 0 saturated carbocycles. The molecule has 0 heterocycles. The van der Waals surface area contributed by atoms with Crippen molar-refractivity contribution in [3.63, 3.8) is 0 Å². The molecule has 0 bridgehead atoms. The number of hydrogen-bond acceptors (Lipinski definition) is 5. The first-order chi connectivity index (χ1) is 8.40. The maximum absolute atomic E-state index is 11.8. The van der Waals surface area contributed by atoms with E-state index < -0.39 is 21.0 Å². The van der Waals surface area contributed by atoms with Gasteiger partial charge in [-0.05, 0) is 18.6 Å². The molecule has 0 aliphatic heterocycles. The molecule has 0 amide bonds. The zero-order valence-corrected chi connectivity index (χ0v) is 10.6. The molecule has 0 saturated heterocycles. The van der Waals surface area contributed by atoms with Crippen molar-refractivity contribution in [3.8, 4) is 0 Å². The van der Waals surface area contributed by atoms with Crippen molar-refractivity contribution in [1.82, 2.24) is 4.72 Å². The van der Waals surface area contributed by atoms with Crippen molar-refractivity contribution in [2.75, 3.05) is 6.61 Å². The fraction of sp³-hybridized carbons (Fsp3) is 0.400. The molecule has 0 aromatic heterocycles. The lowest BCUT2D eigenvalue weighted by Gasteiger charge is -2.14. The summed E-state index contributed by atoms with van der Waals surface area (Å²) in [5, 5.41) is 19.4. The van der Waals surface area contributed by atoms with E-state index in [4.69, 9.17) is 5.11 Å². The van der Waals surface area contributed by atoms with Crippen LogP contribution in [0, 0.1) is 10.1 Å². The van der Waals surface area contributed by atoms with Gasteiger partial charge in [-0.15, -0.1) is 0 Å². The van der Waals surface area contributed by atoms with Crippen LogP contribution >= 0.6 is 0 Å². The van der Waals surface area contributed by atoms with Crippen LogP contribution in [-0.2, 0) is 10.0 Å². The second-order valence-electron chi connectivity index (χ2n) is 3.66. The Morgan fingerprint density at radius 1 is 1.39 bits per heavy atom. The van der Waals surface area contributed by atoms with E-state index in [1.807, 2.05) is 0 Å². The molecule has 0 unspecified atom stereocenters. The van der Waals surface area contributed by atoms with Crippen molar-refractivity contribution >= 4 is 15.7 Å². The maximum atomic E-state index is 11.8. The quantitative estimate of drug-likeness (QED) is 0.584. The van der Waals surface area contributed by atoms with E-state index in [0.29, 0.717) is 6.42 Å². The second kappa shape index (κ2) is 5.89. The molecule has 0 radical (unpaired) electrons. The summed E-state index contributed by atoms with van der Waals surface area (Å²) in [7, 11) is -3.76. The van der Waals surface area contributed by atoms with E-state index in [-0.39, 0.29) is 17.2 Å². The summed E-state index contributed by atoms with van der Waals surface area (Å²) in [6.07, 6.45) is 0.447. The number of nitro groups is 1. The summed E-state index contributed by atoms with van der Waals surface area (Å²) in [6, 6.07) is 3.99. The molecule has 1 rings (SSSR count). The largest absolute Gasteiger partial charge is 0.395 e. The number of benzene rings is 1. The SMILES string of the molecule is CC[C@H](CO)NS(=O)(=O)c1ccc([N+](=O)[O-])cc1. The third-order valence-corrected chi connectivity index (χ3v) is 3.93. The molecule has 7 nitrogen and oxygen atoms in total. The monoisotopic (exact) mass is 274 g/mol. The standard InChI is InChI=1S/C10H14N2O5S/c1-2-8(7-13)11-18(16,17)10-5-3-9(4-6-10)12(14)15/h3-6,8,11,13H,2,7H2,1H3/t8-/m1/s1. The van der Waals surface area contributed by atoms with Crippen molar-refractivity contribution in [2.45, 2.75) is 24.3 Å². The van der Waals surface area contributed by atoms with E-state index in [9.17, 15) is 18.5 Å². The number of nitro benzene ring substituents is 1. The molecule has 8 heteroatoms. The number of aliphatic hydroxyl groups excluding tert-OH is 1. The van der Waals surface area contributed by atoms with Gasteiger partial charge in [0.15, 0.2) is 0 Å². The summed E-state index contributed by atoms with van der Waals surface area (Å²) in [4.78, 5) is 9.77. The summed E-state index contributed by atoms with van der Waals surface area (Å²) in [6.45, 7) is 1.43. The van der Waals surface area contributed by atoms with Crippen LogP contribution in [-0.4, -0.2) is 31.1 Å². The summed E-state index contributed by atoms with van der Waals surface area (Å²) in [5.74, 6) is 0. The molecule has 100 valence electrons. The highest BCUT2D eigenvalue weighted by molar-refractivity contribution is 7.89. The minimum atomic E-state index is -3.76. The highest BCUT2D eigenvalue weighted by Gasteiger charge is 2.19. The van der Waals surface area contributed by atoms with Gasteiger partial charge in [-0.2, -0.15) is 0 Å². The Labute approximate surface area is 105 Å². The van der Waals surface area contributed by atoms with Gasteiger partial charge >= 0.3 is 0 Å². The van der Waals surface area contributed by atoms with Gasteiger partial charge in [0, 0.05) is 18.2 Å². The number of nitrogens with one attached hydrogen (secondary N) is 1. The van der Waals surface area contributed by atoms with Gasteiger partial charge in [0.25, 0.3) is 5.69 Å². The summed E-state index contributed by atoms with van der Waals surface area (Å²) >= 11 is 0. The smallest absolute Gasteiger partial charge is 0.269 e. The highest BCUT2D eigenvalue weighted by Crippen LogP contribution is 2.16.